The van der Waals surface area contributed by atoms with Crippen LogP contribution in [0.5, 0.6) is 5.88 Å². The van der Waals surface area contributed by atoms with Crippen molar-refractivity contribution >= 4 is 29.1 Å². The third kappa shape index (κ3) is 5.00. The second kappa shape index (κ2) is 10.9. The van der Waals surface area contributed by atoms with Gasteiger partial charge in [0.05, 0.1) is 24.1 Å². The van der Waals surface area contributed by atoms with Gasteiger partial charge < -0.3 is 24.7 Å². The molecular formula is C27H27N5O6. The number of hydrogen-bond acceptors (Lipinski definition) is 10. The molecule has 0 saturated carbocycles. The van der Waals surface area contributed by atoms with Crippen LogP contribution in [0.15, 0.2) is 67.0 Å². The van der Waals surface area contributed by atoms with Crippen LogP contribution in [-0.4, -0.2) is 56.9 Å². The van der Waals surface area contributed by atoms with E-state index in [2.05, 4.69) is 15.0 Å². The summed E-state index contributed by atoms with van der Waals surface area (Å²) >= 11 is 0. The highest BCUT2D eigenvalue weighted by Crippen LogP contribution is 2.39. The summed E-state index contributed by atoms with van der Waals surface area (Å²) in [5, 5.41) is 0. The highest BCUT2D eigenvalue weighted by Gasteiger charge is 2.46. The summed E-state index contributed by atoms with van der Waals surface area (Å²) in [5.41, 5.74) is 7.57. The van der Waals surface area contributed by atoms with Crippen LogP contribution in [0.2, 0.25) is 0 Å². The third-order valence-corrected chi connectivity index (χ3v) is 6.25. The summed E-state index contributed by atoms with van der Waals surface area (Å²) in [4.78, 5) is 38.5. The Morgan fingerprint density at radius 3 is 2.32 bits per heavy atom. The minimum absolute atomic E-state index is 0.0220. The Morgan fingerprint density at radius 2 is 1.66 bits per heavy atom. The third-order valence-electron chi connectivity index (χ3n) is 6.25. The molecule has 0 spiro atoms. The quantitative estimate of drug-likeness (QED) is 0.346. The average Bonchev–Trinajstić information content (AvgIpc) is 3.49. The van der Waals surface area contributed by atoms with Gasteiger partial charge in [0, 0.05) is 5.92 Å². The van der Waals surface area contributed by atoms with Crippen LogP contribution in [0.1, 0.15) is 40.8 Å². The molecule has 1 saturated heterocycles. The maximum Gasteiger partial charge on any atom is 0.338 e. The van der Waals surface area contributed by atoms with Gasteiger partial charge in [0.25, 0.3) is 0 Å². The lowest BCUT2D eigenvalue weighted by Crippen LogP contribution is -2.35. The first-order valence-corrected chi connectivity index (χ1v) is 12.2. The maximum absolute atomic E-state index is 13.0. The number of rotatable bonds is 8. The van der Waals surface area contributed by atoms with Crippen molar-refractivity contribution in [3.63, 3.8) is 0 Å². The first-order valence-electron chi connectivity index (χ1n) is 12.2. The summed E-state index contributed by atoms with van der Waals surface area (Å²) < 4.78 is 25.1. The molecule has 5 rings (SSSR count). The Hall–Kier alpha value is -4.51. The van der Waals surface area contributed by atoms with Crippen LogP contribution in [0.4, 0.5) is 5.95 Å². The number of ether oxygens (including phenoxy) is 4. The Bertz CT molecular complexity index is 1430. The lowest BCUT2D eigenvalue weighted by atomic mass is 10.0. The fourth-order valence-electron chi connectivity index (χ4n) is 4.43. The van der Waals surface area contributed by atoms with E-state index in [1.54, 1.807) is 59.4 Å². The fourth-order valence-corrected chi connectivity index (χ4v) is 4.43. The van der Waals surface area contributed by atoms with Gasteiger partial charge in [-0.2, -0.15) is 9.97 Å². The molecule has 4 aromatic rings. The molecule has 1 aliphatic rings. The van der Waals surface area contributed by atoms with E-state index in [0.29, 0.717) is 28.9 Å². The van der Waals surface area contributed by atoms with E-state index in [4.69, 9.17) is 24.7 Å². The minimum atomic E-state index is -0.752. The Balaban J connectivity index is 1.43. The standard InChI is InChI=1S/C27H27N5O6/c1-3-35-23-20-22(30-27(28)31-23)32(15-29-20)24-16(2)21(38-26(34)18-12-8-5-9-13-18)19(37-24)14-36-25(33)17-10-6-4-7-11-17/h4-13,15-16,19,21,24H,3,14H2,1-2H3,(H2,28,30,31)/t16-,19+,21-,24+/m0/s1. The van der Waals surface area contributed by atoms with E-state index in [-0.39, 0.29) is 24.4 Å². The molecule has 0 bridgehead atoms. The molecule has 38 heavy (non-hydrogen) atoms. The van der Waals surface area contributed by atoms with Crippen LogP contribution in [-0.2, 0) is 14.2 Å². The SMILES string of the molecule is CCOc1nc(N)nc2c1ncn2[C@@H]1O[C@H](COC(=O)c2ccccc2)[C@@H](OC(=O)c2ccccc2)[C@@H]1C. The second-order valence-corrected chi connectivity index (χ2v) is 8.77. The van der Waals surface area contributed by atoms with Gasteiger partial charge in [-0.05, 0) is 31.2 Å². The summed E-state index contributed by atoms with van der Waals surface area (Å²) in [6.07, 6.45) is -0.591. The predicted octanol–water partition coefficient (Wildman–Crippen LogP) is 3.42. The molecule has 4 atom stereocenters. The van der Waals surface area contributed by atoms with Crippen LogP contribution in [0, 0.1) is 5.92 Å². The average molecular weight is 518 g/mol. The predicted molar refractivity (Wildman–Crippen MR) is 136 cm³/mol. The summed E-state index contributed by atoms with van der Waals surface area (Å²) in [5.74, 6) is -1.10. The van der Waals surface area contributed by atoms with E-state index in [1.807, 2.05) is 26.0 Å². The number of anilines is 1. The van der Waals surface area contributed by atoms with Gasteiger partial charge in [-0.25, -0.2) is 14.6 Å². The molecule has 0 radical (unpaired) electrons. The number of fused-ring (bicyclic) bond motifs is 1. The molecule has 11 nitrogen and oxygen atoms in total. The first-order chi connectivity index (χ1) is 18.5. The maximum atomic E-state index is 13.0. The van der Waals surface area contributed by atoms with Crippen molar-refractivity contribution in [2.75, 3.05) is 18.9 Å². The molecular weight excluding hydrogens is 490 g/mol. The number of aromatic nitrogens is 4. The zero-order valence-electron chi connectivity index (χ0n) is 20.9. The molecule has 11 heteroatoms. The van der Waals surface area contributed by atoms with Gasteiger partial charge >= 0.3 is 11.9 Å². The Labute approximate surface area is 218 Å². The number of carbonyl (C=O) groups excluding carboxylic acids is 2. The van der Waals surface area contributed by atoms with E-state index in [1.165, 1.54) is 0 Å². The monoisotopic (exact) mass is 517 g/mol. The van der Waals surface area contributed by atoms with Crippen LogP contribution >= 0.6 is 0 Å². The Morgan fingerprint density at radius 1 is 1.00 bits per heavy atom. The molecule has 0 aliphatic carbocycles. The number of benzene rings is 2. The van der Waals surface area contributed by atoms with Crippen LogP contribution in [0.3, 0.4) is 0 Å². The molecule has 2 aromatic heterocycles. The summed E-state index contributed by atoms with van der Waals surface area (Å²) in [7, 11) is 0. The van der Waals surface area contributed by atoms with E-state index >= 15 is 0 Å². The van der Waals surface area contributed by atoms with Gasteiger partial charge in [0.2, 0.25) is 11.8 Å². The summed E-state index contributed by atoms with van der Waals surface area (Å²) in [6, 6.07) is 17.3. The summed E-state index contributed by atoms with van der Waals surface area (Å²) in [6.45, 7) is 3.96. The van der Waals surface area contributed by atoms with Gasteiger partial charge in [-0.3, -0.25) is 4.57 Å². The fraction of sp³-hybridized carbons (Fsp3) is 0.296. The second-order valence-electron chi connectivity index (χ2n) is 8.77. The molecule has 2 N–H and O–H groups in total. The van der Waals surface area contributed by atoms with Crippen molar-refractivity contribution in [1.29, 1.82) is 0 Å². The lowest BCUT2D eigenvalue weighted by Gasteiger charge is -2.21. The van der Waals surface area contributed by atoms with E-state index < -0.39 is 30.4 Å². The van der Waals surface area contributed by atoms with Crippen molar-refractivity contribution in [3.05, 3.63) is 78.1 Å². The first kappa shape index (κ1) is 25.2. The van der Waals surface area contributed by atoms with Crippen molar-refractivity contribution in [3.8, 4) is 5.88 Å². The molecule has 1 aliphatic heterocycles. The smallest absolute Gasteiger partial charge is 0.338 e. The largest absolute Gasteiger partial charge is 0.476 e. The number of nitrogens with zero attached hydrogens (tertiary/aromatic N) is 4. The number of imidazole rings is 1. The van der Waals surface area contributed by atoms with Crippen molar-refractivity contribution in [2.24, 2.45) is 5.92 Å². The van der Waals surface area contributed by atoms with Crippen LogP contribution in [0.25, 0.3) is 11.2 Å². The molecule has 0 amide bonds. The normalized spacial score (nSPS) is 20.8. The highest BCUT2D eigenvalue weighted by atomic mass is 16.6. The molecule has 0 unspecified atom stereocenters. The number of nitrogen functional groups attached to an aromatic ring is 1. The molecule has 1 fully saturated rings. The van der Waals surface area contributed by atoms with Gasteiger partial charge in [-0.1, -0.05) is 43.3 Å². The highest BCUT2D eigenvalue weighted by molar-refractivity contribution is 5.90. The zero-order valence-corrected chi connectivity index (χ0v) is 20.9. The van der Waals surface area contributed by atoms with Gasteiger partial charge in [0.1, 0.15) is 25.0 Å². The molecule has 3 heterocycles. The molecule has 196 valence electrons. The number of esters is 2. The van der Waals surface area contributed by atoms with Crippen molar-refractivity contribution in [2.45, 2.75) is 32.3 Å². The Kier molecular flexibility index (Phi) is 7.18. The number of nitrogens with two attached hydrogens (primary N) is 1. The van der Waals surface area contributed by atoms with E-state index in [0.717, 1.165) is 0 Å². The van der Waals surface area contributed by atoms with Crippen LogP contribution < -0.4 is 10.5 Å². The zero-order chi connectivity index (χ0) is 26.6. The molecule has 2 aromatic carbocycles. The van der Waals surface area contributed by atoms with E-state index in [9.17, 15) is 9.59 Å². The number of hydrogen-bond donors (Lipinski definition) is 1. The van der Waals surface area contributed by atoms with Crippen molar-refractivity contribution < 1.29 is 28.5 Å². The van der Waals surface area contributed by atoms with Gasteiger partial charge in [0.15, 0.2) is 11.2 Å². The van der Waals surface area contributed by atoms with Gasteiger partial charge in [-0.15, -0.1) is 0 Å². The minimum Gasteiger partial charge on any atom is -0.476 e. The van der Waals surface area contributed by atoms with Crippen molar-refractivity contribution in [1.82, 2.24) is 19.5 Å². The lowest BCUT2D eigenvalue weighted by molar-refractivity contribution is -0.0567. The topological polar surface area (TPSA) is 141 Å². The number of carbonyl (C=O) groups is 2.